The van der Waals surface area contributed by atoms with Gasteiger partial charge in [-0.15, -0.1) is 0 Å². The Hall–Kier alpha value is -2.05. The van der Waals surface area contributed by atoms with Gasteiger partial charge in [0, 0.05) is 13.1 Å². The maximum absolute atomic E-state index is 11.9. The summed E-state index contributed by atoms with van der Waals surface area (Å²) in [6.07, 6.45) is 5.18. The molecule has 0 saturated carbocycles. The van der Waals surface area contributed by atoms with Crippen LogP contribution in [0.5, 0.6) is 0 Å². The molecule has 0 aliphatic carbocycles. The van der Waals surface area contributed by atoms with Crippen molar-refractivity contribution in [2.75, 3.05) is 19.6 Å². The number of piperidine rings is 1. The van der Waals surface area contributed by atoms with Gasteiger partial charge in [-0.25, -0.2) is 0 Å². The van der Waals surface area contributed by atoms with E-state index in [4.69, 9.17) is 13.9 Å². The Kier molecular flexibility index (Phi) is 5.15. The zero-order chi connectivity index (χ0) is 16.1. The lowest BCUT2D eigenvalue weighted by Gasteiger charge is -2.32. The second-order valence-electron chi connectivity index (χ2n) is 5.99. The van der Waals surface area contributed by atoms with Gasteiger partial charge < -0.3 is 19.3 Å². The Balaban J connectivity index is 1.47. The van der Waals surface area contributed by atoms with Crippen molar-refractivity contribution in [3.05, 3.63) is 47.8 Å². The van der Waals surface area contributed by atoms with Crippen LogP contribution in [0.1, 0.15) is 34.7 Å². The van der Waals surface area contributed by atoms with Crippen molar-refractivity contribution in [2.24, 2.45) is 5.92 Å². The largest absolute Gasteiger partial charge is 0.472 e. The lowest BCUT2D eigenvalue weighted by molar-refractivity contribution is 0.0927. The Morgan fingerprint density at radius 2 is 2.22 bits per heavy atom. The number of amides is 1. The number of aliphatic hydroxyl groups is 1. The third kappa shape index (κ3) is 4.24. The van der Waals surface area contributed by atoms with Gasteiger partial charge in [-0.05, 0) is 43.5 Å². The quantitative estimate of drug-likeness (QED) is 0.852. The molecule has 1 unspecified atom stereocenters. The van der Waals surface area contributed by atoms with Gasteiger partial charge in [0.25, 0.3) is 5.91 Å². The molecule has 23 heavy (non-hydrogen) atoms. The number of aliphatic hydroxyl groups excluding tert-OH is 1. The number of likely N-dealkylation sites (tertiary alicyclic amines) is 1. The van der Waals surface area contributed by atoms with Crippen molar-refractivity contribution in [3.8, 4) is 0 Å². The van der Waals surface area contributed by atoms with E-state index in [1.54, 1.807) is 6.07 Å². The first kappa shape index (κ1) is 15.8. The van der Waals surface area contributed by atoms with E-state index in [0.29, 0.717) is 23.8 Å². The molecule has 6 nitrogen and oxygen atoms in total. The van der Waals surface area contributed by atoms with Crippen LogP contribution in [-0.2, 0) is 13.2 Å². The molecule has 3 rings (SSSR count). The van der Waals surface area contributed by atoms with Crippen molar-refractivity contribution >= 4 is 5.91 Å². The van der Waals surface area contributed by atoms with E-state index in [0.717, 1.165) is 38.2 Å². The van der Waals surface area contributed by atoms with Gasteiger partial charge >= 0.3 is 0 Å². The first-order valence-corrected chi connectivity index (χ1v) is 7.96. The van der Waals surface area contributed by atoms with Gasteiger partial charge in [0.1, 0.15) is 24.4 Å². The number of carbonyl (C=O) groups excluding carboxylic acids is 1. The average Bonchev–Trinajstić information content (AvgIpc) is 3.24. The molecule has 1 amide bonds. The Bertz CT molecular complexity index is 620. The first-order chi connectivity index (χ1) is 11.2. The lowest BCUT2D eigenvalue weighted by atomic mass is 9.98. The van der Waals surface area contributed by atoms with E-state index in [1.165, 1.54) is 12.5 Å². The molecule has 6 heteroatoms. The number of rotatable bonds is 6. The number of carbonyl (C=O) groups is 1. The fourth-order valence-corrected chi connectivity index (χ4v) is 3.01. The molecule has 2 aromatic rings. The maximum atomic E-state index is 11.9. The fraction of sp³-hybridized carbons (Fsp3) is 0.471. The van der Waals surface area contributed by atoms with Crippen LogP contribution in [0.4, 0.5) is 0 Å². The molecule has 3 heterocycles. The first-order valence-electron chi connectivity index (χ1n) is 7.96. The van der Waals surface area contributed by atoms with Crippen LogP contribution < -0.4 is 5.32 Å². The van der Waals surface area contributed by atoms with Crippen molar-refractivity contribution in [1.82, 2.24) is 10.2 Å². The van der Waals surface area contributed by atoms with E-state index in [2.05, 4.69) is 10.2 Å². The average molecular weight is 318 g/mol. The zero-order valence-corrected chi connectivity index (χ0v) is 13.0. The molecular weight excluding hydrogens is 296 g/mol. The number of hydrogen-bond acceptors (Lipinski definition) is 5. The van der Waals surface area contributed by atoms with Gasteiger partial charge in [-0.2, -0.15) is 0 Å². The van der Waals surface area contributed by atoms with Gasteiger partial charge in [-0.3, -0.25) is 9.69 Å². The molecule has 2 N–H and O–H groups in total. The smallest absolute Gasteiger partial charge is 0.254 e. The molecule has 0 aromatic carbocycles. The SMILES string of the molecule is O=C(NCC1CCCN(Cc2ccc(CO)o2)C1)c1ccoc1. The number of nitrogens with zero attached hydrogens (tertiary/aromatic N) is 1. The van der Waals surface area contributed by atoms with Crippen molar-refractivity contribution in [3.63, 3.8) is 0 Å². The van der Waals surface area contributed by atoms with Gasteiger partial charge in [-0.1, -0.05) is 0 Å². The maximum Gasteiger partial charge on any atom is 0.254 e. The van der Waals surface area contributed by atoms with Crippen LogP contribution >= 0.6 is 0 Å². The summed E-state index contributed by atoms with van der Waals surface area (Å²) in [4.78, 5) is 14.3. The topological polar surface area (TPSA) is 78.9 Å². The highest BCUT2D eigenvalue weighted by Crippen LogP contribution is 2.19. The van der Waals surface area contributed by atoms with E-state index in [-0.39, 0.29) is 12.5 Å². The second kappa shape index (κ2) is 7.48. The van der Waals surface area contributed by atoms with E-state index < -0.39 is 0 Å². The standard InChI is InChI=1S/C17H22N2O4/c20-11-16-4-3-15(23-16)10-19-6-1-2-13(9-19)8-18-17(21)14-5-7-22-12-14/h3-5,7,12-13,20H,1-2,6,8-11H2,(H,18,21). The van der Waals surface area contributed by atoms with Crippen molar-refractivity contribution in [1.29, 1.82) is 0 Å². The number of furan rings is 2. The highest BCUT2D eigenvalue weighted by molar-refractivity contribution is 5.93. The monoisotopic (exact) mass is 318 g/mol. The molecular formula is C17H22N2O4. The minimum Gasteiger partial charge on any atom is -0.472 e. The lowest BCUT2D eigenvalue weighted by Crippen LogP contribution is -2.40. The van der Waals surface area contributed by atoms with Gasteiger partial charge in [0.05, 0.1) is 18.4 Å². The fourth-order valence-electron chi connectivity index (χ4n) is 3.01. The van der Waals surface area contributed by atoms with Crippen molar-refractivity contribution < 1.29 is 18.7 Å². The van der Waals surface area contributed by atoms with E-state index in [1.807, 2.05) is 12.1 Å². The van der Waals surface area contributed by atoms with Crippen LogP contribution in [0, 0.1) is 5.92 Å². The summed E-state index contributed by atoms with van der Waals surface area (Å²) in [5.41, 5.74) is 0.560. The van der Waals surface area contributed by atoms with Crippen molar-refractivity contribution in [2.45, 2.75) is 26.0 Å². The number of nitrogens with one attached hydrogen (secondary N) is 1. The molecule has 1 saturated heterocycles. The molecule has 1 aliphatic heterocycles. The Morgan fingerprint density at radius 1 is 1.35 bits per heavy atom. The normalized spacial score (nSPS) is 18.9. The minimum absolute atomic E-state index is 0.0668. The summed E-state index contributed by atoms with van der Waals surface area (Å²) in [5.74, 6) is 1.82. The van der Waals surface area contributed by atoms with Crippen LogP contribution in [0.2, 0.25) is 0 Å². The number of hydrogen-bond donors (Lipinski definition) is 2. The molecule has 0 radical (unpaired) electrons. The molecule has 0 spiro atoms. The Morgan fingerprint density at radius 3 is 2.96 bits per heavy atom. The molecule has 2 aromatic heterocycles. The van der Waals surface area contributed by atoms with Crippen LogP contribution in [0.3, 0.4) is 0 Å². The third-order valence-electron chi connectivity index (χ3n) is 4.19. The van der Waals surface area contributed by atoms with Crippen LogP contribution in [-0.4, -0.2) is 35.5 Å². The summed E-state index contributed by atoms with van der Waals surface area (Å²) in [6, 6.07) is 5.38. The summed E-state index contributed by atoms with van der Waals surface area (Å²) >= 11 is 0. The molecule has 1 aliphatic rings. The molecule has 0 bridgehead atoms. The second-order valence-corrected chi connectivity index (χ2v) is 5.99. The predicted octanol–water partition coefficient (Wildman–Crippen LogP) is 2.01. The summed E-state index contributed by atoms with van der Waals surface area (Å²) < 4.78 is 10.5. The van der Waals surface area contributed by atoms with Crippen LogP contribution in [0.25, 0.3) is 0 Å². The van der Waals surface area contributed by atoms with Gasteiger partial charge in [0.15, 0.2) is 0 Å². The molecule has 124 valence electrons. The highest BCUT2D eigenvalue weighted by atomic mass is 16.4. The minimum atomic E-state index is -0.0884. The molecule has 1 atom stereocenters. The van der Waals surface area contributed by atoms with E-state index >= 15 is 0 Å². The summed E-state index contributed by atoms with van der Waals surface area (Å²) in [7, 11) is 0. The predicted molar refractivity (Wildman–Crippen MR) is 83.7 cm³/mol. The third-order valence-corrected chi connectivity index (χ3v) is 4.19. The van der Waals surface area contributed by atoms with Gasteiger partial charge in [0.2, 0.25) is 0 Å². The van der Waals surface area contributed by atoms with Crippen LogP contribution in [0.15, 0.2) is 39.6 Å². The van der Waals surface area contributed by atoms with E-state index in [9.17, 15) is 4.79 Å². The Labute approximate surface area is 135 Å². The zero-order valence-electron chi connectivity index (χ0n) is 13.0. The summed E-state index contributed by atoms with van der Waals surface area (Å²) in [5, 5.41) is 12.0. The highest BCUT2D eigenvalue weighted by Gasteiger charge is 2.21. The summed E-state index contributed by atoms with van der Waals surface area (Å²) in [6.45, 7) is 3.30. The molecule has 1 fully saturated rings.